The maximum absolute atomic E-state index is 14.6. The zero-order chi connectivity index (χ0) is 40.5. The first-order chi connectivity index (χ1) is 28.4. The number of amides is 1. The summed E-state index contributed by atoms with van der Waals surface area (Å²) in [5.41, 5.74) is 3.16. The molecule has 13 heteroatoms. The van der Waals surface area contributed by atoms with Gasteiger partial charge in [-0.1, -0.05) is 42.3 Å². The van der Waals surface area contributed by atoms with Gasteiger partial charge in [0.25, 0.3) is 0 Å². The van der Waals surface area contributed by atoms with E-state index in [9.17, 15) is 20.1 Å². The summed E-state index contributed by atoms with van der Waals surface area (Å²) in [6.07, 6.45) is 12.3. The Labute approximate surface area is 340 Å². The van der Waals surface area contributed by atoms with Crippen LogP contribution in [0.2, 0.25) is 0 Å². The number of carbonyl (C=O) groups excluding carboxylic acids is 1. The van der Waals surface area contributed by atoms with Crippen molar-refractivity contribution in [2.75, 3.05) is 39.8 Å². The molecule has 5 aliphatic rings. The van der Waals surface area contributed by atoms with E-state index in [1.165, 1.54) is 0 Å². The van der Waals surface area contributed by atoms with E-state index in [4.69, 9.17) is 38.4 Å². The number of benzene rings is 2. The summed E-state index contributed by atoms with van der Waals surface area (Å²) in [4.78, 5) is 22.5. The van der Waals surface area contributed by atoms with Gasteiger partial charge in [0.1, 0.15) is 17.5 Å². The van der Waals surface area contributed by atoms with Gasteiger partial charge in [0.05, 0.1) is 31.5 Å². The minimum Gasteiger partial charge on any atom is -0.508 e. The standard InChI is InChI=1S/C45H58N2O11/c1-3-5-22-53-44(51)47(28-30-15-17-38-39(24-30)55-29-54-38)40-27-36(46-58-41-14-8-11-23-52-41)34-25-31(12-6-9-19-48)33(13-7-10-20-49)42-35-26-32(50)16-18-37(35)57-45(40,43(34)42)56-21-4-2/h3-4,15-18,24-26,31,33,40-43,48-50H,1-2,5-14,19-23,27-29H2/t31-,33+,40-,41?,42+,43+,45+/m0/s1. The Bertz CT molecular complexity index is 1810. The number of hydrogen-bond acceptors (Lipinski definition) is 12. The summed E-state index contributed by atoms with van der Waals surface area (Å²) in [5.74, 6) is -0.379. The molecule has 1 amide bonds. The van der Waals surface area contributed by atoms with Crippen molar-refractivity contribution in [3.8, 4) is 23.0 Å². The number of hydrogen-bond donors (Lipinski definition) is 3. The van der Waals surface area contributed by atoms with Crippen LogP contribution in [0.3, 0.4) is 0 Å². The van der Waals surface area contributed by atoms with Gasteiger partial charge in [0.2, 0.25) is 18.9 Å². The number of aliphatic hydroxyl groups is 2. The molecule has 3 heterocycles. The maximum atomic E-state index is 14.6. The van der Waals surface area contributed by atoms with Gasteiger partial charge < -0.3 is 48.6 Å². The second-order valence-electron chi connectivity index (χ2n) is 15.7. The molecule has 3 N–H and O–H groups in total. The van der Waals surface area contributed by atoms with Crippen LogP contribution in [0, 0.1) is 17.8 Å². The lowest BCUT2D eigenvalue weighted by molar-refractivity contribution is -0.256. The number of ether oxygens (including phenoxy) is 6. The van der Waals surface area contributed by atoms with E-state index in [2.05, 4.69) is 19.2 Å². The Morgan fingerprint density at radius 3 is 2.57 bits per heavy atom. The van der Waals surface area contributed by atoms with Gasteiger partial charge >= 0.3 is 6.09 Å². The molecule has 2 aliphatic carbocycles. The van der Waals surface area contributed by atoms with E-state index in [0.717, 1.165) is 55.2 Å². The lowest BCUT2D eigenvalue weighted by Gasteiger charge is -2.59. The van der Waals surface area contributed by atoms with Crippen LogP contribution < -0.4 is 14.2 Å². The lowest BCUT2D eigenvalue weighted by atomic mass is 9.55. The third-order valence-corrected chi connectivity index (χ3v) is 12.0. The smallest absolute Gasteiger partial charge is 0.410 e. The molecule has 13 nitrogen and oxygen atoms in total. The van der Waals surface area contributed by atoms with Crippen molar-refractivity contribution in [1.29, 1.82) is 0 Å². The largest absolute Gasteiger partial charge is 0.508 e. The van der Waals surface area contributed by atoms with Gasteiger partial charge in [0, 0.05) is 44.1 Å². The summed E-state index contributed by atoms with van der Waals surface area (Å²) < 4.78 is 37.5. The molecule has 58 heavy (non-hydrogen) atoms. The first kappa shape index (κ1) is 41.6. The van der Waals surface area contributed by atoms with Gasteiger partial charge in [-0.25, -0.2) is 4.79 Å². The van der Waals surface area contributed by atoms with Gasteiger partial charge in [-0.05, 0) is 98.2 Å². The van der Waals surface area contributed by atoms with Crippen LogP contribution in [0.5, 0.6) is 23.0 Å². The van der Waals surface area contributed by atoms with Gasteiger partial charge in [-0.15, -0.1) is 13.2 Å². The number of fused-ring (bicyclic) bond motifs is 3. The van der Waals surface area contributed by atoms with Crippen LogP contribution in [0.25, 0.3) is 0 Å². The third-order valence-electron chi connectivity index (χ3n) is 12.0. The number of unbranched alkanes of at least 4 members (excludes halogenated alkanes) is 2. The molecule has 1 unspecified atom stereocenters. The van der Waals surface area contributed by atoms with Gasteiger partial charge in [0.15, 0.2) is 11.5 Å². The van der Waals surface area contributed by atoms with Crippen molar-refractivity contribution in [3.63, 3.8) is 0 Å². The molecular formula is C45H58N2O11. The van der Waals surface area contributed by atoms with Crippen molar-refractivity contribution in [1.82, 2.24) is 4.90 Å². The molecule has 1 saturated carbocycles. The predicted octanol–water partition coefficient (Wildman–Crippen LogP) is 7.50. The molecule has 2 aromatic rings. The highest BCUT2D eigenvalue weighted by Gasteiger charge is 2.65. The first-order valence-electron chi connectivity index (χ1n) is 20.9. The second-order valence-corrected chi connectivity index (χ2v) is 15.7. The fourth-order valence-corrected chi connectivity index (χ4v) is 9.42. The number of carbonyl (C=O) groups is 1. The maximum Gasteiger partial charge on any atom is 0.410 e. The minimum absolute atomic E-state index is 0.0135. The highest BCUT2D eigenvalue weighted by atomic mass is 16.8. The van der Waals surface area contributed by atoms with Gasteiger partial charge in [-0.2, -0.15) is 0 Å². The highest BCUT2D eigenvalue weighted by Crippen LogP contribution is 2.62. The Hall–Kier alpha value is -4.56. The van der Waals surface area contributed by atoms with Crippen molar-refractivity contribution in [2.24, 2.45) is 22.9 Å². The van der Waals surface area contributed by atoms with Crippen LogP contribution >= 0.6 is 0 Å². The number of rotatable bonds is 19. The topological polar surface area (TPSA) is 158 Å². The molecule has 0 bridgehead atoms. The van der Waals surface area contributed by atoms with Crippen LogP contribution in [-0.4, -0.2) is 90.0 Å². The van der Waals surface area contributed by atoms with Crippen molar-refractivity contribution >= 4 is 11.8 Å². The number of aliphatic hydroxyl groups excluding tert-OH is 2. The fourth-order valence-electron chi connectivity index (χ4n) is 9.42. The monoisotopic (exact) mass is 802 g/mol. The molecule has 3 aliphatic heterocycles. The molecule has 0 aromatic heterocycles. The first-order valence-corrected chi connectivity index (χ1v) is 20.9. The Morgan fingerprint density at radius 1 is 0.983 bits per heavy atom. The van der Waals surface area contributed by atoms with Crippen LogP contribution in [0.15, 0.2) is 78.5 Å². The fraction of sp³-hybridized carbons (Fsp3) is 0.556. The van der Waals surface area contributed by atoms with Crippen LogP contribution in [0.4, 0.5) is 4.79 Å². The number of phenolic OH excluding ortho intramolecular Hbond substituents is 1. The number of oxime groups is 1. The van der Waals surface area contributed by atoms with E-state index >= 15 is 0 Å². The summed E-state index contributed by atoms with van der Waals surface area (Å²) in [6.45, 7) is 9.03. The number of allylic oxidation sites excluding steroid dienone is 1. The SMILES string of the molecule is C=CCCOC(=O)N(Cc1ccc2c(c1)OCO2)[C@H]1CC(=NOC2CCCCO2)C2=C[C@H](CCCCO)[C@@H](CCCCO)[C@@H]3c4cc(O)ccc4O[C@@]1(OCC=C)[C@H]23. The zero-order valence-electron chi connectivity index (χ0n) is 33.3. The molecule has 1 saturated heterocycles. The molecule has 0 radical (unpaired) electrons. The predicted molar refractivity (Wildman–Crippen MR) is 216 cm³/mol. The van der Waals surface area contributed by atoms with Crippen LogP contribution in [-0.2, 0) is 25.6 Å². The Kier molecular flexibility index (Phi) is 14.0. The summed E-state index contributed by atoms with van der Waals surface area (Å²) in [7, 11) is 0. The molecule has 7 atom stereocenters. The Morgan fingerprint density at radius 2 is 1.79 bits per heavy atom. The average Bonchev–Trinajstić information content (AvgIpc) is 3.71. The summed E-state index contributed by atoms with van der Waals surface area (Å²) >= 11 is 0. The Balaban J connectivity index is 1.43. The van der Waals surface area contributed by atoms with Crippen molar-refractivity contribution in [2.45, 2.75) is 101 Å². The normalized spacial score (nSPS) is 27.4. The van der Waals surface area contributed by atoms with Crippen molar-refractivity contribution in [3.05, 3.63) is 84.5 Å². The van der Waals surface area contributed by atoms with Crippen LogP contribution in [0.1, 0.15) is 87.7 Å². The number of aromatic hydroxyl groups is 1. The summed E-state index contributed by atoms with van der Waals surface area (Å²) in [6, 6.07) is 9.95. The quantitative estimate of drug-likeness (QED) is 0.0734. The molecular weight excluding hydrogens is 744 g/mol. The second kappa shape index (κ2) is 19.5. The number of nitrogens with zero attached hydrogens (tertiary/aromatic N) is 2. The third kappa shape index (κ3) is 8.87. The molecule has 7 rings (SSSR count). The molecule has 2 aromatic carbocycles. The summed E-state index contributed by atoms with van der Waals surface area (Å²) in [5, 5.41) is 35.6. The highest BCUT2D eigenvalue weighted by molar-refractivity contribution is 6.03. The average molecular weight is 803 g/mol. The zero-order valence-corrected chi connectivity index (χ0v) is 33.3. The number of phenols is 1. The van der Waals surface area contributed by atoms with Gasteiger partial charge in [-0.3, -0.25) is 4.90 Å². The molecule has 0 spiro atoms. The lowest BCUT2D eigenvalue weighted by Crippen LogP contribution is -2.70. The van der Waals surface area contributed by atoms with E-state index in [-0.39, 0.29) is 69.7 Å². The van der Waals surface area contributed by atoms with E-state index in [0.29, 0.717) is 55.3 Å². The van der Waals surface area contributed by atoms with E-state index < -0.39 is 30.1 Å². The molecule has 314 valence electrons. The van der Waals surface area contributed by atoms with E-state index in [1.54, 1.807) is 35.3 Å². The van der Waals surface area contributed by atoms with E-state index in [1.807, 2.05) is 18.2 Å². The minimum atomic E-state index is -1.49. The molecule has 2 fully saturated rings. The van der Waals surface area contributed by atoms with Crippen molar-refractivity contribution < 1.29 is 53.4 Å².